The van der Waals surface area contributed by atoms with Crippen LogP contribution in [0, 0.1) is 0 Å². The molecule has 0 aromatic carbocycles. The van der Waals surface area contributed by atoms with E-state index in [1.807, 2.05) is 0 Å². The maximum Gasteiger partial charge on any atom is 0.0317 e. The van der Waals surface area contributed by atoms with Gasteiger partial charge in [0, 0.05) is 6.04 Å². The van der Waals surface area contributed by atoms with Crippen LogP contribution in [0.3, 0.4) is 0 Å². The molecule has 1 unspecified atom stereocenters. The Morgan fingerprint density at radius 1 is 1.38 bits per heavy atom. The van der Waals surface area contributed by atoms with E-state index in [1.54, 1.807) is 16.9 Å². The van der Waals surface area contributed by atoms with Crippen molar-refractivity contribution >= 4 is 11.3 Å². The number of rotatable bonds is 4. The van der Waals surface area contributed by atoms with E-state index in [0.717, 1.165) is 6.42 Å². The molecule has 1 nitrogen and oxygen atoms in total. The van der Waals surface area contributed by atoms with Crippen molar-refractivity contribution in [1.82, 2.24) is 5.32 Å². The van der Waals surface area contributed by atoms with Crippen LogP contribution < -0.4 is 5.32 Å². The smallest absolute Gasteiger partial charge is 0.0317 e. The van der Waals surface area contributed by atoms with E-state index >= 15 is 0 Å². The van der Waals surface area contributed by atoms with Crippen LogP contribution in [0.2, 0.25) is 0 Å². The van der Waals surface area contributed by atoms with Crippen molar-refractivity contribution in [1.29, 1.82) is 0 Å². The first-order chi connectivity index (χ1) is 7.90. The van der Waals surface area contributed by atoms with Gasteiger partial charge in [0.2, 0.25) is 0 Å². The maximum atomic E-state index is 3.47. The molecule has 1 atom stereocenters. The minimum Gasteiger partial charge on any atom is -0.313 e. The third-order valence-corrected chi connectivity index (χ3v) is 4.12. The van der Waals surface area contributed by atoms with Gasteiger partial charge < -0.3 is 5.32 Å². The Morgan fingerprint density at radius 3 is 3.06 bits per heavy atom. The zero-order valence-corrected chi connectivity index (χ0v) is 10.9. The zero-order valence-electron chi connectivity index (χ0n) is 10.0. The number of hydrogen-bond donors (Lipinski definition) is 1. The summed E-state index contributed by atoms with van der Waals surface area (Å²) in [5.74, 6) is 0. The van der Waals surface area contributed by atoms with Gasteiger partial charge in [0.05, 0.1) is 0 Å². The lowest BCUT2D eigenvalue weighted by Crippen LogP contribution is -2.29. The standard InChI is InChI=1S/C14H21NS/c1-15-14(10-12-8-9-16-11-12)13-6-4-2-3-5-7-13/h6,8-9,11,14-15H,2-5,7,10H2,1H3. The van der Waals surface area contributed by atoms with Gasteiger partial charge in [-0.15, -0.1) is 0 Å². The van der Waals surface area contributed by atoms with Crippen LogP contribution in [0.25, 0.3) is 0 Å². The molecule has 0 aliphatic heterocycles. The molecule has 1 heterocycles. The molecule has 0 fully saturated rings. The van der Waals surface area contributed by atoms with Gasteiger partial charge in [0.1, 0.15) is 0 Å². The van der Waals surface area contributed by atoms with E-state index in [2.05, 4.69) is 35.3 Å². The van der Waals surface area contributed by atoms with Crippen molar-refractivity contribution in [3.8, 4) is 0 Å². The zero-order chi connectivity index (χ0) is 11.2. The first kappa shape index (κ1) is 11.9. The second-order valence-electron chi connectivity index (χ2n) is 4.56. The second kappa shape index (κ2) is 6.21. The molecular formula is C14H21NS. The fourth-order valence-corrected chi connectivity index (χ4v) is 3.10. The molecule has 0 amide bonds. The molecular weight excluding hydrogens is 214 g/mol. The van der Waals surface area contributed by atoms with Gasteiger partial charge in [-0.2, -0.15) is 11.3 Å². The maximum absolute atomic E-state index is 3.47. The Labute approximate surface area is 103 Å². The molecule has 2 heteroatoms. The summed E-state index contributed by atoms with van der Waals surface area (Å²) in [4.78, 5) is 0. The molecule has 88 valence electrons. The van der Waals surface area contributed by atoms with Gasteiger partial charge in [-0.05, 0) is 61.5 Å². The van der Waals surface area contributed by atoms with Crippen LogP contribution in [0.4, 0.5) is 0 Å². The van der Waals surface area contributed by atoms with Crippen LogP contribution in [-0.2, 0) is 6.42 Å². The molecule has 1 aromatic heterocycles. The average Bonchev–Trinajstić information content (AvgIpc) is 2.67. The van der Waals surface area contributed by atoms with E-state index in [4.69, 9.17) is 0 Å². The Kier molecular flexibility index (Phi) is 4.61. The van der Waals surface area contributed by atoms with Crippen LogP contribution in [0.15, 0.2) is 28.5 Å². The van der Waals surface area contributed by atoms with E-state index in [1.165, 1.54) is 37.7 Å². The van der Waals surface area contributed by atoms with Gasteiger partial charge in [-0.1, -0.05) is 18.1 Å². The number of allylic oxidation sites excluding steroid dienone is 1. The van der Waals surface area contributed by atoms with Gasteiger partial charge in [-0.3, -0.25) is 0 Å². The average molecular weight is 235 g/mol. The largest absolute Gasteiger partial charge is 0.313 e. The predicted octanol–water partition coefficient (Wildman–Crippen LogP) is 3.77. The highest BCUT2D eigenvalue weighted by Crippen LogP contribution is 2.22. The molecule has 1 aliphatic rings. The van der Waals surface area contributed by atoms with Crippen molar-refractivity contribution in [3.63, 3.8) is 0 Å². The first-order valence-corrected chi connectivity index (χ1v) is 7.21. The van der Waals surface area contributed by atoms with E-state index in [9.17, 15) is 0 Å². The second-order valence-corrected chi connectivity index (χ2v) is 5.34. The lowest BCUT2D eigenvalue weighted by molar-refractivity contribution is 0.598. The van der Waals surface area contributed by atoms with Gasteiger partial charge in [0.25, 0.3) is 0 Å². The monoisotopic (exact) mass is 235 g/mol. The number of thiophene rings is 1. The van der Waals surface area contributed by atoms with Crippen molar-refractivity contribution < 1.29 is 0 Å². The molecule has 1 aromatic rings. The van der Waals surface area contributed by atoms with Crippen molar-refractivity contribution in [3.05, 3.63) is 34.0 Å². The molecule has 0 bridgehead atoms. The molecule has 1 N–H and O–H groups in total. The Hall–Kier alpha value is -0.600. The lowest BCUT2D eigenvalue weighted by Gasteiger charge is -2.19. The first-order valence-electron chi connectivity index (χ1n) is 6.27. The van der Waals surface area contributed by atoms with Gasteiger partial charge in [0.15, 0.2) is 0 Å². The SMILES string of the molecule is CNC(Cc1ccsc1)C1=CCCCCC1. The summed E-state index contributed by atoms with van der Waals surface area (Å²) in [6, 6.07) is 2.79. The number of nitrogens with one attached hydrogen (secondary N) is 1. The van der Waals surface area contributed by atoms with E-state index in [-0.39, 0.29) is 0 Å². The van der Waals surface area contributed by atoms with Crippen LogP contribution in [0.5, 0.6) is 0 Å². The van der Waals surface area contributed by atoms with Crippen molar-refractivity contribution in [2.24, 2.45) is 0 Å². The molecule has 2 rings (SSSR count). The summed E-state index contributed by atoms with van der Waals surface area (Å²) in [6.07, 6.45) is 10.3. The third kappa shape index (κ3) is 3.19. The molecule has 0 radical (unpaired) electrons. The van der Waals surface area contributed by atoms with E-state index < -0.39 is 0 Å². The summed E-state index contributed by atoms with van der Waals surface area (Å²) in [7, 11) is 2.09. The summed E-state index contributed by atoms with van der Waals surface area (Å²) in [6.45, 7) is 0. The molecule has 16 heavy (non-hydrogen) atoms. The minimum absolute atomic E-state index is 0.549. The van der Waals surface area contributed by atoms with Gasteiger partial charge >= 0.3 is 0 Å². The molecule has 0 spiro atoms. The summed E-state index contributed by atoms with van der Waals surface area (Å²) in [5, 5.41) is 7.91. The number of hydrogen-bond acceptors (Lipinski definition) is 2. The van der Waals surface area contributed by atoms with Crippen LogP contribution >= 0.6 is 11.3 Å². The summed E-state index contributed by atoms with van der Waals surface area (Å²) < 4.78 is 0. The van der Waals surface area contributed by atoms with Crippen LogP contribution in [-0.4, -0.2) is 13.1 Å². The highest BCUT2D eigenvalue weighted by atomic mass is 32.1. The fraction of sp³-hybridized carbons (Fsp3) is 0.571. The molecule has 0 saturated heterocycles. The van der Waals surface area contributed by atoms with Crippen molar-refractivity contribution in [2.75, 3.05) is 7.05 Å². The lowest BCUT2D eigenvalue weighted by atomic mass is 9.97. The fourth-order valence-electron chi connectivity index (χ4n) is 2.42. The third-order valence-electron chi connectivity index (χ3n) is 3.39. The van der Waals surface area contributed by atoms with Crippen LogP contribution in [0.1, 0.15) is 37.7 Å². The highest BCUT2D eigenvalue weighted by molar-refractivity contribution is 7.07. The van der Waals surface area contributed by atoms with Gasteiger partial charge in [-0.25, -0.2) is 0 Å². The Morgan fingerprint density at radius 2 is 2.31 bits per heavy atom. The Balaban J connectivity index is 2.00. The predicted molar refractivity (Wildman–Crippen MR) is 72.0 cm³/mol. The van der Waals surface area contributed by atoms with Crippen molar-refractivity contribution in [2.45, 2.75) is 44.6 Å². The van der Waals surface area contributed by atoms with E-state index in [0.29, 0.717) is 6.04 Å². The Bertz CT molecular complexity index is 327. The highest BCUT2D eigenvalue weighted by Gasteiger charge is 2.14. The molecule has 1 aliphatic carbocycles. The number of likely N-dealkylation sites (N-methyl/N-ethyl adjacent to an activating group) is 1. The summed E-state index contributed by atoms with van der Waals surface area (Å²) >= 11 is 1.80. The molecule has 0 saturated carbocycles. The summed E-state index contributed by atoms with van der Waals surface area (Å²) in [5.41, 5.74) is 3.10. The quantitative estimate of drug-likeness (QED) is 0.783. The minimum atomic E-state index is 0.549. The topological polar surface area (TPSA) is 12.0 Å². The normalized spacial score (nSPS) is 18.9.